The van der Waals surface area contributed by atoms with Crippen LogP contribution in [0.25, 0.3) is 98.8 Å². The van der Waals surface area contributed by atoms with Crippen LogP contribution in [0.5, 0.6) is 0 Å². The molecule has 0 fully saturated rings. The van der Waals surface area contributed by atoms with Crippen LogP contribution in [-0.4, -0.2) is 0 Å². The Kier molecular flexibility index (Phi) is 5.38. The van der Waals surface area contributed by atoms with E-state index in [1.54, 1.807) is 0 Å². The van der Waals surface area contributed by atoms with E-state index in [0.29, 0.717) is 22.3 Å². The summed E-state index contributed by atoms with van der Waals surface area (Å²) in [5.41, 5.74) is 7.43. The Morgan fingerprint density at radius 3 is 1.59 bits per heavy atom. The molecule has 0 N–H and O–H groups in total. The molecule has 1 heterocycles. The Morgan fingerprint density at radius 2 is 0.878 bits per heavy atom. The molecule has 10 aromatic rings. The van der Waals surface area contributed by atoms with E-state index in [-0.39, 0.29) is 29.7 Å². The summed E-state index contributed by atoms with van der Waals surface area (Å²) in [5.74, 6) is 0. The maximum absolute atomic E-state index is 9.45. The molecule has 0 unspecified atom stereocenters. The third-order valence-electron chi connectivity index (χ3n) is 9.74. The molecule has 0 bridgehead atoms. The van der Waals surface area contributed by atoms with Gasteiger partial charge in [-0.3, -0.25) is 0 Å². The fourth-order valence-corrected chi connectivity index (χ4v) is 7.52. The highest BCUT2D eigenvalue weighted by Crippen LogP contribution is 2.44. The van der Waals surface area contributed by atoms with E-state index in [0.717, 1.165) is 70.9 Å². The molecule has 0 amide bonds. The Balaban J connectivity index is 1.18. The summed E-state index contributed by atoms with van der Waals surface area (Å²) in [6.07, 6.45) is 0. The number of furan rings is 1. The second-order valence-electron chi connectivity index (χ2n) is 12.5. The van der Waals surface area contributed by atoms with E-state index < -0.39 is 0 Å². The number of fused-ring (bicyclic) bond motifs is 6. The van der Waals surface area contributed by atoms with Gasteiger partial charge in [0.15, 0.2) is 0 Å². The van der Waals surface area contributed by atoms with E-state index in [2.05, 4.69) is 66.7 Å². The second kappa shape index (κ2) is 11.1. The van der Waals surface area contributed by atoms with Crippen LogP contribution in [0.4, 0.5) is 0 Å². The van der Waals surface area contributed by atoms with Crippen molar-refractivity contribution < 1.29 is 9.90 Å². The van der Waals surface area contributed by atoms with Gasteiger partial charge in [0.05, 0.1) is 5.48 Å². The van der Waals surface area contributed by atoms with E-state index >= 15 is 0 Å². The predicted molar refractivity (Wildman–Crippen MR) is 208 cm³/mol. The zero-order chi connectivity index (χ0) is 35.8. The minimum atomic E-state index is -0.0896. The van der Waals surface area contributed by atoms with Gasteiger partial charge in [0, 0.05) is 16.3 Å². The molecule has 0 aliphatic heterocycles. The summed E-state index contributed by atoms with van der Waals surface area (Å²) < 4.78 is 44.3. The lowest BCUT2D eigenvalue weighted by Crippen LogP contribution is -1.90. The molecule has 9 aromatic carbocycles. The average Bonchev–Trinajstić information content (AvgIpc) is 3.58. The summed E-state index contributed by atoms with van der Waals surface area (Å²) in [6.45, 7) is 0. The Hall–Kier alpha value is -6.44. The van der Waals surface area contributed by atoms with Crippen LogP contribution in [0.15, 0.2) is 186 Å². The second-order valence-corrected chi connectivity index (χ2v) is 12.5. The minimum absolute atomic E-state index is 0.0771. The molecule has 49 heavy (non-hydrogen) atoms. The van der Waals surface area contributed by atoms with Crippen molar-refractivity contribution in [2.75, 3.05) is 0 Å². The Bertz CT molecular complexity index is 3020. The third-order valence-corrected chi connectivity index (χ3v) is 9.74. The van der Waals surface area contributed by atoms with Gasteiger partial charge in [0.25, 0.3) is 0 Å². The first-order chi connectivity index (χ1) is 26.0. The summed E-state index contributed by atoms with van der Waals surface area (Å²) in [5, 5.41) is 7.94. The lowest BCUT2D eigenvalue weighted by Gasteiger charge is -2.18. The van der Waals surface area contributed by atoms with Crippen LogP contribution in [0.3, 0.4) is 0 Å². The molecule has 0 saturated carbocycles. The molecule has 1 aromatic heterocycles. The summed E-state index contributed by atoms with van der Waals surface area (Å²) in [7, 11) is 0. The van der Waals surface area contributed by atoms with Crippen LogP contribution in [0.2, 0.25) is 0 Å². The van der Waals surface area contributed by atoms with Crippen molar-refractivity contribution in [1.82, 2.24) is 0 Å². The highest BCUT2D eigenvalue weighted by molar-refractivity contribution is 6.21. The standard InChI is InChI=1S/C48H30O/c1-2-13-33(14-3-1)46-39-17-6-8-19-41(39)47(42-20-9-7-18-40(42)46)34-26-24-31(25-27-34)35-28-29-38-44-23-11-22-43(48(44)49-45(38)30-35)37-21-10-15-32-12-4-5-16-36(32)37/h1-30H/i24D,25D,26D,27D. The van der Waals surface area contributed by atoms with Crippen LogP contribution in [-0.2, 0) is 0 Å². The number of para-hydroxylation sites is 1. The normalized spacial score (nSPS) is 12.8. The summed E-state index contributed by atoms with van der Waals surface area (Å²) in [6, 6.07) is 52.5. The first kappa shape index (κ1) is 23.8. The van der Waals surface area contributed by atoms with E-state index in [4.69, 9.17) is 4.42 Å². The number of hydrogen-bond acceptors (Lipinski definition) is 1. The quantitative estimate of drug-likeness (QED) is 0.177. The van der Waals surface area contributed by atoms with Crippen molar-refractivity contribution in [3.63, 3.8) is 0 Å². The first-order valence-electron chi connectivity index (χ1n) is 18.5. The molecule has 0 atom stereocenters. The SMILES string of the molecule is [2H]c1c([2H])c(-c2c3ccccc3c(-c3ccccc3)c3ccccc23)c([2H])c([2H])c1-c1ccc2c(c1)oc1c(-c3cccc4ccccc34)cccc12. The molecule has 0 aliphatic carbocycles. The highest BCUT2D eigenvalue weighted by atomic mass is 16.3. The molecule has 1 nitrogen and oxygen atoms in total. The molecule has 1 heteroatoms. The van der Waals surface area contributed by atoms with Gasteiger partial charge in [0.1, 0.15) is 11.2 Å². The lowest BCUT2D eigenvalue weighted by atomic mass is 9.86. The van der Waals surface area contributed by atoms with Crippen molar-refractivity contribution in [3.05, 3.63) is 182 Å². The largest absolute Gasteiger partial charge is 0.455 e. The summed E-state index contributed by atoms with van der Waals surface area (Å²) in [4.78, 5) is 0. The molecular formula is C48H30O. The van der Waals surface area contributed by atoms with Gasteiger partial charge in [0.2, 0.25) is 0 Å². The van der Waals surface area contributed by atoms with Gasteiger partial charge in [-0.25, -0.2) is 0 Å². The molecule has 228 valence electrons. The van der Waals surface area contributed by atoms with E-state index in [9.17, 15) is 5.48 Å². The van der Waals surface area contributed by atoms with Crippen LogP contribution < -0.4 is 0 Å². The van der Waals surface area contributed by atoms with Gasteiger partial charge in [-0.05, 0) is 83.4 Å². The fourth-order valence-electron chi connectivity index (χ4n) is 7.52. The minimum Gasteiger partial charge on any atom is -0.455 e. The highest BCUT2D eigenvalue weighted by Gasteiger charge is 2.17. The number of benzene rings is 9. The topological polar surface area (TPSA) is 13.1 Å². The Labute approximate surface area is 289 Å². The van der Waals surface area contributed by atoms with Crippen molar-refractivity contribution in [2.24, 2.45) is 0 Å². The average molecular weight is 627 g/mol. The zero-order valence-electron chi connectivity index (χ0n) is 30.4. The third kappa shape index (κ3) is 4.40. The van der Waals surface area contributed by atoms with Gasteiger partial charge >= 0.3 is 0 Å². The van der Waals surface area contributed by atoms with Crippen LogP contribution in [0.1, 0.15) is 5.48 Å². The van der Waals surface area contributed by atoms with E-state index in [1.165, 1.54) is 0 Å². The predicted octanol–water partition coefficient (Wildman–Crippen LogP) is 13.7. The van der Waals surface area contributed by atoms with Crippen molar-refractivity contribution >= 4 is 54.3 Å². The molecular weight excluding hydrogens is 593 g/mol. The van der Waals surface area contributed by atoms with Crippen LogP contribution >= 0.6 is 0 Å². The summed E-state index contributed by atoms with van der Waals surface area (Å²) >= 11 is 0. The Morgan fingerprint density at radius 1 is 0.347 bits per heavy atom. The number of rotatable bonds is 4. The van der Waals surface area contributed by atoms with Crippen molar-refractivity contribution in [3.8, 4) is 44.5 Å². The van der Waals surface area contributed by atoms with Gasteiger partial charge < -0.3 is 4.42 Å². The molecule has 0 aliphatic rings. The molecule has 0 saturated heterocycles. The zero-order valence-corrected chi connectivity index (χ0v) is 26.4. The number of hydrogen-bond donors (Lipinski definition) is 0. The maximum atomic E-state index is 9.45. The van der Waals surface area contributed by atoms with Gasteiger partial charge in [-0.1, -0.05) is 170 Å². The van der Waals surface area contributed by atoms with Crippen molar-refractivity contribution in [1.29, 1.82) is 0 Å². The van der Waals surface area contributed by atoms with Gasteiger partial charge in [-0.2, -0.15) is 0 Å². The lowest BCUT2D eigenvalue weighted by molar-refractivity contribution is 0.670. The monoisotopic (exact) mass is 626 g/mol. The maximum Gasteiger partial charge on any atom is 0.143 e. The van der Waals surface area contributed by atoms with E-state index in [1.807, 2.05) is 91.0 Å². The molecule has 10 rings (SSSR count). The van der Waals surface area contributed by atoms with Gasteiger partial charge in [-0.15, -0.1) is 0 Å². The van der Waals surface area contributed by atoms with Crippen molar-refractivity contribution in [2.45, 2.75) is 0 Å². The smallest absolute Gasteiger partial charge is 0.143 e. The fraction of sp³-hybridized carbons (Fsp3) is 0. The molecule has 0 radical (unpaired) electrons. The molecule has 0 spiro atoms. The first-order valence-corrected chi connectivity index (χ1v) is 16.5. The van der Waals surface area contributed by atoms with Crippen LogP contribution in [0, 0.1) is 0 Å².